The van der Waals surface area contributed by atoms with Crippen molar-refractivity contribution in [3.8, 4) is 0 Å². The minimum atomic E-state index is -4.29. The van der Waals surface area contributed by atoms with Gasteiger partial charge in [-0.2, -0.15) is 13.2 Å². The van der Waals surface area contributed by atoms with Gasteiger partial charge in [0.25, 0.3) is 0 Å². The van der Waals surface area contributed by atoms with E-state index < -0.39 is 11.7 Å². The molecule has 1 fully saturated rings. The van der Waals surface area contributed by atoms with E-state index in [1.54, 1.807) is 12.1 Å². The summed E-state index contributed by atoms with van der Waals surface area (Å²) in [5.41, 5.74) is 5.44. The highest BCUT2D eigenvalue weighted by atomic mass is 19.4. The zero-order valence-electron chi connectivity index (χ0n) is 12.4. The molecule has 0 saturated carbocycles. The van der Waals surface area contributed by atoms with Gasteiger partial charge in [-0.15, -0.1) is 0 Å². The molecule has 0 radical (unpaired) electrons. The highest BCUT2D eigenvalue weighted by Gasteiger charge is 2.35. The van der Waals surface area contributed by atoms with E-state index in [-0.39, 0.29) is 6.04 Å². The summed E-state index contributed by atoms with van der Waals surface area (Å²) in [6.45, 7) is 4.25. The van der Waals surface area contributed by atoms with Crippen LogP contribution in [0.15, 0.2) is 24.3 Å². The van der Waals surface area contributed by atoms with Crippen molar-refractivity contribution < 1.29 is 13.2 Å². The standard InChI is InChI=1S/C16H23F3N2/c1-12(21-10-7-13(6-9-20)8-11-21)14-4-2-3-5-15(14)16(17,18)19/h2-5,12-13H,6-11,20H2,1H3. The lowest BCUT2D eigenvalue weighted by Crippen LogP contribution is -2.36. The third-order valence-electron chi connectivity index (χ3n) is 4.49. The molecule has 0 aromatic heterocycles. The fourth-order valence-electron chi connectivity index (χ4n) is 3.18. The average molecular weight is 300 g/mol. The summed E-state index contributed by atoms with van der Waals surface area (Å²) in [4.78, 5) is 2.15. The SMILES string of the molecule is CC(c1ccccc1C(F)(F)F)N1CCC(CCN)CC1. The number of rotatable bonds is 4. The first-order valence-corrected chi connectivity index (χ1v) is 7.53. The highest BCUT2D eigenvalue weighted by Crippen LogP contribution is 2.37. The quantitative estimate of drug-likeness (QED) is 0.915. The Hall–Kier alpha value is -1.07. The molecule has 5 heteroatoms. The third-order valence-corrected chi connectivity index (χ3v) is 4.49. The molecule has 0 spiro atoms. The number of halogens is 3. The fraction of sp³-hybridized carbons (Fsp3) is 0.625. The van der Waals surface area contributed by atoms with Gasteiger partial charge in [0, 0.05) is 6.04 Å². The van der Waals surface area contributed by atoms with E-state index in [2.05, 4.69) is 4.90 Å². The van der Waals surface area contributed by atoms with Crippen molar-refractivity contribution in [3.05, 3.63) is 35.4 Å². The van der Waals surface area contributed by atoms with Crippen LogP contribution >= 0.6 is 0 Å². The van der Waals surface area contributed by atoms with Crippen molar-refractivity contribution in [1.82, 2.24) is 4.90 Å². The van der Waals surface area contributed by atoms with Crippen LogP contribution in [0.4, 0.5) is 13.2 Å². The van der Waals surface area contributed by atoms with Crippen LogP contribution in [-0.4, -0.2) is 24.5 Å². The van der Waals surface area contributed by atoms with Crippen LogP contribution in [0, 0.1) is 5.92 Å². The van der Waals surface area contributed by atoms with E-state index in [9.17, 15) is 13.2 Å². The Morgan fingerprint density at radius 2 is 1.86 bits per heavy atom. The number of nitrogens with zero attached hydrogens (tertiary/aromatic N) is 1. The van der Waals surface area contributed by atoms with Gasteiger partial charge in [0.2, 0.25) is 0 Å². The number of nitrogens with two attached hydrogens (primary N) is 1. The summed E-state index contributed by atoms with van der Waals surface area (Å²) in [5, 5.41) is 0. The maximum atomic E-state index is 13.1. The molecule has 0 aliphatic carbocycles. The van der Waals surface area contributed by atoms with Crippen molar-refractivity contribution in [1.29, 1.82) is 0 Å². The third kappa shape index (κ3) is 3.98. The Morgan fingerprint density at radius 3 is 2.43 bits per heavy atom. The van der Waals surface area contributed by atoms with Gasteiger partial charge in [0.1, 0.15) is 0 Å². The summed E-state index contributed by atoms with van der Waals surface area (Å²) in [7, 11) is 0. The number of benzene rings is 1. The van der Waals surface area contributed by atoms with Crippen LogP contribution in [0.2, 0.25) is 0 Å². The monoisotopic (exact) mass is 300 g/mol. The molecule has 1 saturated heterocycles. The van der Waals surface area contributed by atoms with Gasteiger partial charge in [-0.3, -0.25) is 4.90 Å². The lowest BCUT2D eigenvalue weighted by molar-refractivity contribution is -0.138. The summed E-state index contributed by atoms with van der Waals surface area (Å²) in [6.07, 6.45) is -1.23. The molecule has 2 N–H and O–H groups in total. The van der Waals surface area contributed by atoms with Crippen LogP contribution in [-0.2, 0) is 6.18 Å². The van der Waals surface area contributed by atoms with Gasteiger partial charge in [-0.25, -0.2) is 0 Å². The average Bonchev–Trinajstić information content (AvgIpc) is 2.47. The Labute approximate surface area is 124 Å². The molecule has 1 aromatic carbocycles. The van der Waals surface area contributed by atoms with Crippen molar-refractivity contribution in [2.24, 2.45) is 11.7 Å². The van der Waals surface area contributed by atoms with Gasteiger partial charge in [-0.1, -0.05) is 18.2 Å². The molecule has 1 heterocycles. The molecule has 1 aliphatic rings. The molecule has 1 atom stereocenters. The van der Waals surface area contributed by atoms with Crippen LogP contribution in [0.1, 0.15) is 43.4 Å². The summed E-state index contributed by atoms with van der Waals surface area (Å²) in [5.74, 6) is 0.622. The fourth-order valence-corrected chi connectivity index (χ4v) is 3.18. The minimum Gasteiger partial charge on any atom is -0.330 e. The zero-order chi connectivity index (χ0) is 15.5. The second kappa shape index (κ2) is 6.79. The molecule has 0 amide bonds. The van der Waals surface area contributed by atoms with E-state index >= 15 is 0 Å². The van der Waals surface area contributed by atoms with Crippen molar-refractivity contribution >= 4 is 0 Å². The van der Waals surface area contributed by atoms with Crippen molar-refractivity contribution in [2.45, 2.75) is 38.4 Å². The first kappa shape index (κ1) is 16.3. The lowest BCUT2D eigenvalue weighted by atomic mass is 9.91. The van der Waals surface area contributed by atoms with Crippen molar-refractivity contribution in [2.75, 3.05) is 19.6 Å². The van der Waals surface area contributed by atoms with Gasteiger partial charge in [0.05, 0.1) is 5.56 Å². The van der Waals surface area contributed by atoms with Gasteiger partial charge >= 0.3 is 6.18 Å². The molecule has 1 aliphatic heterocycles. The predicted molar refractivity (Wildman–Crippen MR) is 77.8 cm³/mol. The smallest absolute Gasteiger partial charge is 0.330 e. The van der Waals surface area contributed by atoms with E-state index in [0.29, 0.717) is 18.0 Å². The lowest BCUT2D eigenvalue weighted by Gasteiger charge is -2.37. The van der Waals surface area contributed by atoms with Crippen LogP contribution in [0.5, 0.6) is 0 Å². The number of hydrogen-bond donors (Lipinski definition) is 1. The molecular weight excluding hydrogens is 277 g/mol. The zero-order valence-corrected chi connectivity index (χ0v) is 12.4. The van der Waals surface area contributed by atoms with Crippen LogP contribution in [0.25, 0.3) is 0 Å². The first-order chi connectivity index (χ1) is 9.93. The summed E-state index contributed by atoms with van der Waals surface area (Å²) in [6, 6.07) is 5.70. The van der Waals surface area contributed by atoms with E-state index in [1.807, 2.05) is 6.92 Å². The molecule has 1 unspecified atom stereocenters. The van der Waals surface area contributed by atoms with Crippen LogP contribution < -0.4 is 5.73 Å². The second-order valence-electron chi connectivity index (χ2n) is 5.82. The molecule has 1 aromatic rings. The van der Waals surface area contributed by atoms with Gasteiger partial charge in [0.15, 0.2) is 0 Å². The van der Waals surface area contributed by atoms with E-state index in [0.717, 1.165) is 32.4 Å². The molecular formula is C16H23F3N2. The Balaban J connectivity index is 2.09. The number of alkyl halides is 3. The topological polar surface area (TPSA) is 29.3 Å². The Kier molecular flexibility index (Phi) is 5.27. The number of hydrogen-bond acceptors (Lipinski definition) is 2. The predicted octanol–water partition coefficient (Wildman–Crippen LogP) is 3.83. The number of piperidine rings is 1. The Bertz CT molecular complexity index is 451. The highest BCUT2D eigenvalue weighted by molar-refractivity contribution is 5.32. The molecule has 2 rings (SSSR count). The first-order valence-electron chi connectivity index (χ1n) is 7.53. The molecule has 2 nitrogen and oxygen atoms in total. The summed E-state index contributed by atoms with van der Waals surface area (Å²) < 4.78 is 39.3. The van der Waals surface area contributed by atoms with Crippen molar-refractivity contribution in [3.63, 3.8) is 0 Å². The maximum Gasteiger partial charge on any atom is 0.416 e. The molecule has 0 bridgehead atoms. The molecule has 21 heavy (non-hydrogen) atoms. The second-order valence-corrected chi connectivity index (χ2v) is 5.82. The van der Waals surface area contributed by atoms with Crippen LogP contribution in [0.3, 0.4) is 0 Å². The largest absolute Gasteiger partial charge is 0.416 e. The summed E-state index contributed by atoms with van der Waals surface area (Å²) >= 11 is 0. The van der Waals surface area contributed by atoms with E-state index in [4.69, 9.17) is 5.73 Å². The Morgan fingerprint density at radius 1 is 1.24 bits per heavy atom. The molecule has 118 valence electrons. The van der Waals surface area contributed by atoms with Gasteiger partial charge < -0.3 is 5.73 Å². The van der Waals surface area contributed by atoms with E-state index in [1.165, 1.54) is 12.1 Å². The van der Waals surface area contributed by atoms with Gasteiger partial charge in [-0.05, 0) is 63.4 Å². The minimum absolute atomic E-state index is 0.207. The number of likely N-dealkylation sites (tertiary alicyclic amines) is 1. The normalized spacial score (nSPS) is 19.7. The maximum absolute atomic E-state index is 13.1.